The summed E-state index contributed by atoms with van der Waals surface area (Å²) in [4.78, 5) is 12.1. The Balaban J connectivity index is 1.69. The predicted molar refractivity (Wildman–Crippen MR) is 71.6 cm³/mol. The van der Waals surface area contributed by atoms with Crippen LogP contribution in [0, 0.1) is 5.82 Å². The molecule has 102 valence electrons. The van der Waals surface area contributed by atoms with Crippen LogP contribution in [-0.4, -0.2) is 12.6 Å². The first-order valence-electron chi connectivity index (χ1n) is 6.40. The van der Waals surface area contributed by atoms with Crippen LogP contribution in [0.3, 0.4) is 0 Å². The summed E-state index contributed by atoms with van der Waals surface area (Å²) in [5.74, 6) is 0.926. The third-order valence-corrected chi connectivity index (χ3v) is 3.27. The molecule has 0 N–H and O–H groups in total. The van der Waals surface area contributed by atoms with E-state index in [-0.39, 0.29) is 24.8 Å². The second kappa shape index (κ2) is 5.33. The van der Waals surface area contributed by atoms with Gasteiger partial charge in [0, 0.05) is 12.0 Å². The number of hydrogen-bond acceptors (Lipinski definition) is 3. The number of aryl methyl sites for hydroxylation is 1. The molecule has 0 fully saturated rings. The molecule has 0 radical (unpaired) electrons. The Hall–Kier alpha value is -2.36. The zero-order valence-electron chi connectivity index (χ0n) is 10.8. The van der Waals surface area contributed by atoms with Crippen LogP contribution in [0.5, 0.6) is 11.5 Å². The minimum atomic E-state index is -0.272. The molecule has 0 amide bonds. The lowest BCUT2D eigenvalue weighted by atomic mass is 10.0. The van der Waals surface area contributed by atoms with Crippen molar-refractivity contribution in [2.24, 2.45) is 0 Å². The Labute approximate surface area is 115 Å². The van der Waals surface area contributed by atoms with Crippen LogP contribution in [0.2, 0.25) is 0 Å². The van der Waals surface area contributed by atoms with Gasteiger partial charge in [-0.15, -0.1) is 0 Å². The fourth-order valence-corrected chi connectivity index (χ4v) is 2.16. The molecule has 1 aliphatic heterocycles. The monoisotopic (exact) mass is 272 g/mol. The molecule has 1 heterocycles. The minimum absolute atomic E-state index is 0.0356. The Morgan fingerprint density at radius 3 is 2.75 bits per heavy atom. The number of ether oxygens (including phenoxy) is 2. The first kappa shape index (κ1) is 12.7. The number of halogens is 1. The van der Waals surface area contributed by atoms with Crippen LogP contribution in [-0.2, 0) is 6.42 Å². The van der Waals surface area contributed by atoms with Crippen molar-refractivity contribution in [3.8, 4) is 11.5 Å². The van der Waals surface area contributed by atoms with Crippen LogP contribution >= 0.6 is 0 Å². The van der Waals surface area contributed by atoms with Gasteiger partial charge in [-0.05, 0) is 36.2 Å². The van der Waals surface area contributed by atoms with Crippen LogP contribution in [0.4, 0.5) is 4.39 Å². The van der Waals surface area contributed by atoms with Crippen molar-refractivity contribution in [1.82, 2.24) is 0 Å². The van der Waals surface area contributed by atoms with Gasteiger partial charge in [-0.1, -0.05) is 18.2 Å². The molecule has 0 aromatic heterocycles. The predicted octanol–water partition coefficient (Wildman–Crippen LogP) is 3.37. The van der Waals surface area contributed by atoms with Gasteiger partial charge in [0.2, 0.25) is 6.79 Å². The third kappa shape index (κ3) is 2.50. The summed E-state index contributed by atoms with van der Waals surface area (Å²) in [5, 5.41) is 0. The smallest absolute Gasteiger partial charge is 0.231 e. The summed E-state index contributed by atoms with van der Waals surface area (Å²) in [5.41, 5.74) is 1.12. The highest BCUT2D eigenvalue weighted by molar-refractivity contribution is 5.96. The number of carbonyl (C=O) groups is 1. The van der Waals surface area contributed by atoms with Crippen LogP contribution in [0.15, 0.2) is 42.5 Å². The van der Waals surface area contributed by atoms with E-state index in [4.69, 9.17) is 9.47 Å². The Morgan fingerprint density at radius 2 is 1.90 bits per heavy atom. The number of carbonyl (C=O) groups excluding carboxylic acids is 1. The molecule has 3 nitrogen and oxygen atoms in total. The lowest BCUT2D eigenvalue weighted by molar-refractivity contribution is 0.0982. The molecule has 1 aliphatic rings. The fourth-order valence-electron chi connectivity index (χ4n) is 2.16. The summed E-state index contributed by atoms with van der Waals surface area (Å²) in [6, 6.07) is 11.6. The van der Waals surface area contributed by atoms with Gasteiger partial charge in [-0.2, -0.15) is 0 Å². The second-order valence-electron chi connectivity index (χ2n) is 4.58. The molecule has 0 saturated carbocycles. The highest BCUT2D eigenvalue weighted by Gasteiger charge is 2.16. The minimum Gasteiger partial charge on any atom is -0.454 e. The lowest BCUT2D eigenvalue weighted by Crippen LogP contribution is -2.02. The maximum atomic E-state index is 13.5. The summed E-state index contributed by atoms with van der Waals surface area (Å²) in [6.45, 7) is 0.183. The van der Waals surface area contributed by atoms with Gasteiger partial charge < -0.3 is 9.47 Å². The number of fused-ring (bicyclic) bond motifs is 1. The zero-order valence-corrected chi connectivity index (χ0v) is 10.8. The van der Waals surface area contributed by atoms with E-state index in [9.17, 15) is 9.18 Å². The van der Waals surface area contributed by atoms with Crippen molar-refractivity contribution in [2.75, 3.05) is 6.79 Å². The molecular weight excluding hydrogens is 259 g/mol. The van der Waals surface area contributed by atoms with Gasteiger partial charge in [0.1, 0.15) is 5.82 Å². The first-order chi connectivity index (χ1) is 9.74. The largest absolute Gasteiger partial charge is 0.454 e. The van der Waals surface area contributed by atoms with E-state index in [1.165, 1.54) is 6.07 Å². The third-order valence-electron chi connectivity index (χ3n) is 3.27. The second-order valence-corrected chi connectivity index (χ2v) is 4.58. The lowest BCUT2D eigenvalue weighted by Gasteiger charge is -2.04. The first-order valence-corrected chi connectivity index (χ1v) is 6.40. The average molecular weight is 272 g/mol. The molecule has 0 saturated heterocycles. The zero-order chi connectivity index (χ0) is 13.9. The van der Waals surface area contributed by atoms with Crippen LogP contribution in [0.25, 0.3) is 0 Å². The van der Waals surface area contributed by atoms with Crippen molar-refractivity contribution in [1.29, 1.82) is 0 Å². The Bertz CT molecular complexity index is 652. The summed E-state index contributed by atoms with van der Waals surface area (Å²) >= 11 is 0. The molecular formula is C16H13FO3. The van der Waals surface area contributed by atoms with Gasteiger partial charge >= 0.3 is 0 Å². The van der Waals surface area contributed by atoms with E-state index in [1.54, 1.807) is 36.4 Å². The van der Waals surface area contributed by atoms with Crippen molar-refractivity contribution in [3.63, 3.8) is 0 Å². The Kier molecular flexibility index (Phi) is 3.37. The Morgan fingerprint density at radius 1 is 1.10 bits per heavy atom. The van der Waals surface area contributed by atoms with Crippen LogP contribution < -0.4 is 9.47 Å². The van der Waals surface area contributed by atoms with Gasteiger partial charge in [-0.25, -0.2) is 4.39 Å². The van der Waals surface area contributed by atoms with E-state index < -0.39 is 0 Å². The van der Waals surface area contributed by atoms with Crippen molar-refractivity contribution < 1.29 is 18.7 Å². The van der Waals surface area contributed by atoms with Crippen molar-refractivity contribution in [2.45, 2.75) is 12.8 Å². The molecule has 0 aliphatic carbocycles. The highest BCUT2D eigenvalue weighted by atomic mass is 19.1. The maximum absolute atomic E-state index is 13.5. The van der Waals surface area contributed by atoms with E-state index in [1.807, 2.05) is 0 Å². The summed E-state index contributed by atoms with van der Waals surface area (Å²) in [7, 11) is 0. The van der Waals surface area contributed by atoms with E-state index in [0.29, 0.717) is 29.0 Å². The van der Waals surface area contributed by atoms with E-state index in [2.05, 4.69) is 0 Å². The van der Waals surface area contributed by atoms with Crippen molar-refractivity contribution >= 4 is 5.78 Å². The van der Waals surface area contributed by atoms with Gasteiger partial charge in [0.05, 0.1) is 0 Å². The van der Waals surface area contributed by atoms with Crippen molar-refractivity contribution in [3.05, 3.63) is 59.4 Å². The highest BCUT2D eigenvalue weighted by Crippen LogP contribution is 2.32. The molecule has 0 atom stereocenters. The SMILES string of the molecule is O=C(CCc1ccccc1F)c1ccc2c(c1)OCO2. The number of rotatable bonds is 4. The van der Waals surface area contributed by atoms with Gasteiger partial charge in [0.15, 0.2) is 17.3 Å². The fraction of sp³-hybridized carbons (Fsp3) is 0.188. The number of ketones is 1. The molecule has 2 aromatic carbocycles. The molecule has 3 rings (SSSR count). The molecule has 20 heavy (non-hydrogen) atoms. The molecule has 0 unspecified atom stereocenters. The van der Waals surface area contributed by atoms with Crippen LogP contribution in [0.1, 0.15) is 22.3 Å². The molecule has 4 heteroatoms. The maximum Gasteiger partial charge on any atom is 0.231 e. The average Bonchev–Trinajstić information content (AvgIpc) is 2.93. The number of benzene rings is 2. The number of Topliss-reactive ketones (excluding diaryl/α,β-unsaturated/α-hetero) is 1. The normalized spacial score (nSPS) is 12.4. The molecule has 2 aromatic rings. The number of hydrogen-bond donors (Lipinski definition) is 0. The molecule has 0 bridgehead atoms. The summed E-state index contributed by atoms with van der Waals surface area (Å²) < 4.78 is 23.9. The van der Waals surface area contributed by atoms with E-state index >= 15 is 0 Å². The van der Waals surface area contributed by atoms with Gasteiger partial charge in [-0.3, -0.25) is 4.79 Å². The summed E-state index contributed by atoms with van der Waals surface area (Å²) in [6.07, 6.45) is 0.653. The standard InChI is InChI=1S/C16H13FO3/c17-13-4-2-1-3-11(13)5-7-14(18)12-6-8-15-16(9-12)20-10-19-15/h1-4,6,8-9H,5,7,10H2. The molecule has 0 spiro atoms. The van der Waals surface area contributed by atoms with E-state index in [0.717, 1.165) is 0 Å². The van der Waals surface area contributed by atoms with Gasteiger partial charge in [0.25, 0.3) is 0 Å². The topological polar surface area (TPSA) is 35.5 Å². The quantitative estimate of drug-likeness (QED) is 0.800.